The van der Waals surface area contributed by atoms with E-state index in [4.69, 9.17) is 4.74 Å². The number of amides is 1. The Kier molecular flexibility index (Phi) is 12.3. The van der Waals surface area contributed by atoms with Crippen LogP contribution in [-0.2, 0) is 4.74 Å². The van der Waals surface area contributed by atoms with E-state index in [2.05, 4.69) is 10.6 Å². The van der Waals surface area contributed by atoms with Crippen molar-refractivity contribution >= 4 is 43.3 Å². The van der Waals surface area contributed by atoms with Gasteiger partial charge in [0, 0.05) is 12.6 Å². The van der Waals surface area contributed by atoms with Crippen molar-refractivity contribution in [1.82, 2.24) is 10.6 Å². The third kappa shape index (κ3) is 9.33. The minimum Gasteiger partial charge on any atom is -0.444 e. The van der Waals surface area contributed by atoms with E-state index >= 15 is 0 Å². The predicted octanol–water partition coefficient (Wildman–Crippen LogP) is 2.14. The molecule has 4 nitrogen and oxygen atoms in total. The van der Waals surface area contributed by atoms with Crippen LogP contribution in [0.25, 0.3) is 0 Å². The molecule has 0 aromatic heterocycles. The summed E-state index contributed by atoms with van der Waals surface area (Å²) in [6.07, 6.45) is 0.667. The van der Waals surface area contributed by atoms with Crippen molar-refractivity contribution in [1.29, 1.82) is 0 Å². The first-order valence-electron chi connectivity index (χ1n) is 4.67. The fourth-order valence-corrected chi connectivity index (χ4v) is 1.25. The topological polar surface area (TPSA) is 50.4 Å². The third-order valence-electron chi connectivity index (χ3n) is 1.78. The van der Waals surface area contributed by atoms with E-state index in [0.29, 0.717) is 0 Å². The lowest BCUT2D eigenvalue weighted by atomic mass is 10.2. The Hall–Kier alpha value is 0.1000. The first-order valence-corrected chi connectivity index (χ1v) is 4.67. The summed E-state index contributed by atoms with van der Waals surface area (Å²) in [6, 6.07) is 0.231. The molecule has 16 heavy (non-hydrogen) atoms. The normalized spacial score (nSPS) is 18.6. The molecule has 1 fully saturated rings. The summed E-state index contributed by atoms with van der Waals surface area (Å²) in [5, 5.41) is 5.98. The van der Waals surface area contributed by atoms with Gasteiger partial charge >= 0.3 is 6.09 Å². The molecule has 0 radical (unpaired) electrons. The second-order valence-corrected chi connectivity index (χ2v) is 4.34. The molecule has 0 saturated carbocycles. The van der Waals surface area contributed by atoms with E-state index < -0.39 is 5.60 Å². The standard InChI is InChI=1S/C9H18N2O2.3ClH/c1-9(2,3)13-8(12)11-7-4-5-10-6-7;;;/h7,10H,4-6H2,1-3H3,(H,11,12);3*1H. The molecular weight excluding hydrogens is 274 g/mol. The number of carbonyl (C=O) groups excluding carboxylic acids is 1. The fraction of sp³-hybridized carbons (Fsp3) is 0.889. The minimum absolute atomic E-state index is 0. The second-order valence-electron chi connectivity index (χ2n) is 4.34. The molecule has 1 atom stereocenters. The van der Waals surface area contributed by atoms with Gasteiger partial charge in [-0.3, -0.25) is 0 Å². The van der Waals surface area contributed by atoms with Crippen LogP contribution in [0.1, 0.15) is 27.2 Å². The number of carbonyl (C=O) groups is 1. The number of ether oxygens (including phenoxy) is 1. The molecule has 0 bridgehead atoms. The zero-order valence-electron chi connectivity index (χ0n) is 9.74. The Labute approximate surface area is 115 Å². The van der Waals surface area contributed by atoms with Gasteiger partial charge in [-0.25, -0.2) is 4.79 Å². The van der Waals surface area contributed by atoms with Crippen molar-refractivity contribution in [2.24, 2.45) is 0 Å². The highest BCUT2D eigenvalue weighted by Gasteiger charge is 2.21. The van der Waals surface area contributed by atoms with E-state index in [1.165, 1.54) is 0 Å². The van der Waals surface area contributed by atoms with Crippen LogP contribution in [0.5, 0.6) is 0 Å². The van der Waals surface area contributed by atoms with Crippen LogP contribution < -0.4 is 10.6 Å². The largest absolute Gasteiger partial charge is 0.444 e. The van der Waals surface area contributed by atoms with Crippen LogP contribution in [0.15, 0.2) is 0 Å². The molecule has 1 rings (SSSR count). The minimum atomic E-state index is -0.407. The van der Waals surface area contributed by atoms with E-state index in [1.807, 2.05) is 20.8 Å². The molecule has 1 saturated heterocycles. The van der Waals surface area contributed by atoms with Gasteiger partial charge < -0.3 is 15.4 Å². The van der Waals surface area contributed by atoms with E-state index in [9.17, 15) is 4.79 Å². The average Bonchev–Trinajstić information content (AvgIpc) is 2.34. The van der Waals surface area contributed by atoms with Crippen molar-refractivity contribution in [2.75, 3.05) is 13.1 Å². The number of rotatable bonds is 1. The van der Waals surface area contributed by atoms with Crippen LogP contribution in [0.2, 0.25) is 0 Å². The fourth-order valence-electron chi connectivity index (χ4n) is 1.25. The van der Waals surface area contributed by atoms with E-state index in [0.717, 1.165) is 19.5 Å². The maximum absolute atomic E-state index is 11.3. The Morgan fingerprint density at radius 1 is 1.31 bits per heavy atom. The quantitative estimate of drug-likeness (QED) is 0.779. The zero-order chi connectivity index (χ0) is 9.90. The van der Waals surface area contributed by atoms with Crippen molar-refractivity contribution in [3.63, 3.8) is 0 Å². The average molecular weight is 296 g/mol. The van der Waals surface area contributed by atoms with Crippen LogP contribution in [0, 0.1) is 0 Å². The molecule has 1 amide bonds. The molecule has 1 heterocycles. The van der Waals surface area contributed by atoms with E-state index in [1.54, 1.807) is 0 Å². The van der Waals surface area contributed by atoms with Gasteiger partial charge in [0.05, 0.1) is 0 Å². The predicted molar refractivity (Wildman–Crippen MR) is 72.4 cm³/mol. The lowest BCUT2D eigenvalue weighted by molar-refractivity contribution is 0.0508. The van der Waals surface area contributed by atoms with Gasteiger partial charge in [0.15, 0.2) is 0 Å². The maximum Gasteiger partial charge on any atom is 0.407 e. The molecule has 7 heteroatoms. The molecule has 2 N–H and O–H groups in total. The van der Waals surface area contributed by atoms with Crippen LogP contribution in [-0.4, -0.2) is 30.8 Å². The molecule has 1 aliphatic rings. The molecule has 0 spiro atoms. The zero-order valence-corrected chi connectivity index (χ0v) is 12.2. The first kappa shape index (κ1) is 21.4. The molecule has 1 aliphatic heterocycles. The summed E-state index contributed by atoms with van der Waals surface area (Å²) in [4.78, 5) is 11.3. The lowest BCUT2D eigenvalue weighted by Gasteiger charge is -2.21. The highest BCUT2D eigenvalue weighted by Crippen LogP contribution is 2.07. The number of halogens is 3. The highest BCUT2D eigenvalue weighted by molar-refractivity contribution is 5.86. The third-order valence-corrected chi connectivity index (χ3v) is 1.78. The summed E-state index contributed by atoms with van der Waals surface area (Å²) in [6.45, 7) is 7.40. The molecule has 0 aromatic rings. The summed E-state index contributed by atoms with van der Waals surface area (Å²) in [7, 11) is 0. The van der Waals surface area contributed by atoms with Crippen molar-refractivity contribution < 1.29 is 9.53 Å². The van der Waals surface area contributed by atoms with Gasteiger partial charge in [-0.15, -0.1) is 37.2 Å². The van der Waals surface area contributed by atoms with Gasteiger partial charge in [-0.1, -0.05) is 0 Å². The summed E-state index contributed by atoms with van der Waals surface area (Å²) < 4.78 is 5.12. The van der Waals surface area contributed by atoms with Gasteiger partial charge in [-0.05, 0) is 33.7 Å². The molecule has 0 aromatic carbocycles. The molecule has 0 aliphatic carbocycles. The Morgan fingerprint density at radius 2 is 1.88 bits per heavy atom. The smallest absolute Gasteiger partial charge is 0.407 e. The molecular formula is C9H21Cl3N2O2. The monoisotopic (exact) mass is 294 g/mol. The van der Waals surface area contributed by atoms with Gasteiger partial charge in [0.1, 0.15) is 5.60 Å². The van der Waals surface area contributed by atoms with Crippen molar-refractivity contribution in [3.8, 4) is 0 Å². The van der Waals surface area contributed by atoms with Crippen LogP contribution in [0.3, 0.4) is 0 Å². The Balaban J connectivity index is -0.000000563. The summed E-state index contributed by atoms with van der Waals surface area (Å²) >= 11 is 0. The number of hydrogen-bond donors (Lipinski definition) is 2. The van der Waals surface area contributed by atoms with Gasteiger partial charge in [0.25, 0.3) is 0 Å². The number of alkyl carbamates (subject to hydrolysis) is 1. The second kappa shape index (κ2) is 9.16. The summed E-state index contributed by atoms with van der Waals surface area (Å²) in [5.41, 5.74) is -0.407. The molecule has 1 unspecified atom stereocenters. The first-order chi connectivity index (χ1) is 5.97. The molecule has 100 valence electrons. The number of hydrogen-bond acceptors (Lipinski definition) is 3. The lowest BCUT2D eigenvalue weighted by Crippen LogP contribution is -2.40. The van der Waals surface area contributed by atoms with Gasteiger partial charge in [-0.2, -0.15) is 0 Å². The van der Waals surface area contributed by atoms with Crippen LogP contribution in [0.4, 0.5) is 4.79 Å². The number of nitrogens with one attached hydrogen (secondary N) is 2. The highest BCUT2D eigenvalue weighted by atomic mass is 35.5. The maximum atomic E-state index is 11.3. The van der Waals surface area contributed by atoms with Crippen LogP contribution >= 0.6 is 37.2 Å². The SMILES string of the molecule is CC(C)(C)OC(=O)NC1CCNC1.Cl.Cl.Cl. The van der Waals surface area contributed by atoms with Crippen molar-refractivity contribution in [2.45, 2.75) is 38.8 Å². The van der Waals surface area contributed by atoms with E-state index in [-0.39, 0.29) is 49.4 Å². The Bertz CT molecular complexity index is 192. The summed E-state index contributed by atoms with van der Waals surface area (Å²) in [5.74, 6) is 0. The van der Waals surface area contributed by atoms with Gasteiger partial charge in [0.2, 0.25) is 0 Å². The van der Waals surface area contributed by atoms with Crippen molar-refractivity contribution in [3.05, 3.63) is 0 Å². The Morgan fingerprint density at radius 3 is 2.25 bits per heavy atom.